The van der Waals surface area contributed by atoms with E-state index in [1.807, 2.05) is 19.1 Å². The molecule has 5 heteroatoms. The van der Waals surface area contributed by atoms with Crippen molar-refractivity contribution in [3.05, 3.63) is 46.7 Å². The van der Waals surface area contributed by atoms with Crippen molar-refractivity contribution < 1.29 is 0 Å². The fraction of sp³-hybridized carbons (Fsp3) is 0.231. The molecule has 1 heterocycles. The molecule has 0 aliphatic carbocycles. The molecule has 2 rings (SSSR count). The molecule has 0 atom stereocenters. The summed E-state index contributed by atoms with van der Waals surface area (Å²) in [5.74, 6) is 1.56. The zero-order chi connectivity index (χ0) is 12.8. The Kier molecular flexibility index (Phi) is 4.52. The third-order valence-corrected chi connectivity index (χ3v) is 2.85. The van der Waals surface area contributed by atoms with E-state index in [0.29, 0.717) is 0 Å². The van der Waals surface area contributed by atoms with Gasteiger partial charge in [0.25, 0.3) is 0 Å². The van der Waals surface area contributed by atoms with Crippen molar-refractivity contribution in [2.24, 2.45) is 0 Å². The van der Waals surface area contributed by atoms with Gasteiger partial charge < -0.3 is 10.6 Å². The number of hydrogen-bond donors (Lipinski definition) is 2. The summed E-state index contributed by atoms with van der Waals surface area (Å²) in [7, 11) is 0. The molecule has 1 aromatic heterocycles. The quantitative estimate of drug-likeness (QED) is 0.890. The monoisotopic (exact) mass is 306 g/mol. The number of hydrogen-bond acceptors (Lipinski definition) is 4. The highest BCUT2D eigenvalue weighted by atomic mass is 79.9. The largest absolute Gasteiger partial charge is 0.369 e. The molecule has 0 spiro atoms. The molecule has 1 aromatic carbocycles. The first-order valence-electron chi connectivity index (χ1n) is 5.82. The Bertz CT molecular complexity index is 516. The van der Waals surface area contributed by atoms with Crippen molar-refractivity contribution in [3.63, 3.8) is 0 Å². The minimum atomic E-state index is 0.726. The lowest BCUT2D eigenvalue weighted by Gasteiger charge is -2.07. The Morgan fingerprint density at radius 2 is 1.94 bits per heavy atom. The smallest absolute Gasteiger partial charge is 0.147 e. The highest BCUT2D eigenvalue weighted by Crippen LogP contribution is 2.13. The molecule has 0 fully saturated rings. The summed E-state index contributed by atoms with van der Waals surface area (Å²) in [6.45, 7) is 3.59. The minimum absolute atomic E-state index is 0.726. The van der Waals surface area contributed by atoms with Gasteiger partial charge in [-0.2, -0.15) is 0 Å². The Labute approximate surface area is 115 Å². The van der Waals surface area contributed by atoms with Gasteiger partial charge in [0.15, 0.2) is 0 Å². The fourth-order valence-electron chi connectivity index (χ4n) is 1.56. The zero-order valence-electron chi connectivity index (χ0n) is 10.2. The SMILES string of the molecule is CCNc1cncc(NCc2cccc(Br)c2)n1. The molecular weight excluding hydrogens is 292 g/mol. The first-order chi connectivity index (χ1) is 8.78. The van der Waals surface area contributed by atoms with Gasteiger partial charge >= 0.3 is 0 Å². The Morgan fingerprint density at radius 3 is 2.67 bits per heavy atom. The average Bonchev–Trinajstić information content (AvgIpc) is 2.37. The number of nitrogens with zero attached hydrogens (tertiary/aromatic N) is 2. The van der Waals surface area contributed by atoms with E-state index < -0.39 is 0 Å². The van der Waals surface area contributed by atoms with Crippen molar-refractivity contribution in [2.45, 2.75) is 13.5 Å². The molecule has 2 aromatic rings. The van der Waals surface area contributed by atoms with Crippen LogP contribution in [-0.2, 0) is 6.54 Å². The molecule has 0 saturated heterocycles. The van der Waals surface area contributed by atoms with E-state index >= 15 is 0 Å². The van der Waals surface area contributed by atoms with Crippen LogP contribution in [0.2, 0.25) is 0 Å². The van der Waals surface area contributed by atoms with Crippen LogP contribution in [0.3, 0.4) is 0 Å². The standard InChI is InChI=1S/C13H15BrN4/c1-2-16-12-8-15-9-13(18-12)17-7-10-4-3-5-11(14)6-10/h3-6,8-9H,2,7H2,1H3,(H2,16,17,18). The van der Waals surface area contributed by atoms with E-state index in [9.17, 15) is 0 Å². The number of halogens is 1. The lowest BCUT2D eigenvalue weighted by Crippen LogP contribution is -2.05. The maximum absolute atomic E-state index is 4.40. The summed E-state index contributed by atoms with van der Waals surface area (Å²) in [4.78, 5) is 8.54. The lowest BCUT2D eigenvalue weighted by molar-refractivity contribution is 1.07. The van der Waals surface area contributed by atoms with E-state index in [1.54, 1.807) is 12.4 Å². The summed E-state index contributed by atoms with van der Waals surface area (Å²) in [5, 5.41) is 6.39. The third-order valence-electron chi connectivity index (χ3n) is 2.36. The molecule has 0 amide bonds. The van der Waals surface area contributed by atoms with E-state index in [-0.39, 0.29) is 0 Å². The van der Waals surface area contributed by atoms with Gasteiger partial charge in [0, 0.05) is 17.6 Å². The number of anilines is 2. The van der Waals surface area contributed by atoms with Gasteiger partial charge in [0.1, 0.15) is 11.6 Å². The van der Waals surface area contributed by atoms with Gasteiger partial charge in [-0.25, -0.2) is 4.98 Å². The number of nitrogens with one attached hydrogen (secondary N) is 2. The van der Waals surface area contributed by atoms with Crippen molar-refractivity contribution >= 4 is 27.6 Å². The normalized spacial score (nSPS) is 10.1. The Morgan fingerprint density at radius 1 is 1.17 bits per heavy atom. The summed E-state index contributed by atoms with van der Waals surface area (Å²) in [6, 6.07) is 8.17. The highest BCUT2D eigenvalue weighted by molar-refractivity contribution is 9.10. The van der Waals surface area contributed by atoms with Crippen molar-refractivity contribution in [3.8, 4) is 0 Å². The maximum atomic E-state index is 4.40. The predicted molar refractivity (Wildman–Crippen MR) is 77.7 cm³/mol. The molecule has 94 valence electrons. The fourth-order valence-corrected chi connectivity index (χ4v) is 2.00. The summed E-state index contributed by atoms with van der Waals surface area (Å²) in [5.41, 5.74) is 1.19. The molecular formula is C13H15BrN4. The molecule has 0 aliphatic rings. The molecule has 0 radical (unpaired) electrons. The number of rotatable bonds is 5. The summed E-state index contributed by atoms with van der Waals surface area (Å²) < 4.78 is 1.08. The third kappa shape index (κ3) is 3.70. The van der Waals surface area contributed by atoms with E-state index in [4.69, 9.17) is 0 Å². The van der Waals surface area contributed by atoms with Crippen molar-refractivity contribution in [1.29, 1.82) is 0 Å². The molecule has 2 N–H and O–H groups in total. The highest BCUT2D eigenvalue weighted by Gasteiger charge is 1.98. The lowest BCUT2D eigenvalue weighted by atomic mass is 10.2. The zero-order valence-corrected chi connectivity index (χ0v) is 11.7. The maximum Gasteiger partial charge on any atom is 0.147 e. The van der Waals surface area contributed by atoms with Crippen LogP contribution < -0.4 is 10.6 Å². The number of benzene rings is 1. The second-order valence-corrected chi connectivity index (χ2v) is 4.72. The average molecular weight is 307 g/mol. The second kappa shape index (κ2) is 6.35. The van der Waals surface area contributed by atoms with E-state index in [2.05, 4.69) is 48.7 Å². The van der Waals surface area contributed by atoms with Gasteiger partial charge in [-0.05, 0) is 24.6 Å². The molecule has 0 saturated carbocycles. The molecule has 0 bridgehead atoms. The van der Waals surface area contributed by atoms with Gasteiger partial charge in [0.2, 0.25) is 0 Å². The minimum Gasteiger partial charge on any atom is -0.369 e. The summed E-state index contributed by atoms with van der Waals surface area (Å²) >= 11 is 3.45. The predicted octanol–water partition coefficient (Wildman–Crippen LogP) is 3.28. The van der Waals surface area contributed by atoms with Crippen LogP contribution in [0.4, 0.5) is 11.6 Å². The van der Waals surface area contributed by atoms with Gasteiger partial charge in [-0.15, -0.1) is 0 Å². The summed E-state index contributed by atoms with van der Waals surface area (Å²) in [6.07, 6.45) is 3.44. The van der Waals surface area contributed by atoms with Crippen LogP contribution in [0.25, 0.3) is 0 Å². The topological polar surface area (TPSA) is 49.8 Å². The van der Waals surface area contributed by atoms with Gasteiger partial charge in [-0.1, -0.05) is 28.1 Å². The second-order valence-electron chi connectivity index (χ2n) is 3.80. The van der Waals surface area contributed by atoms with Crippen LogP contribution in [0.1, 0.15) is 12.5 Å². The molecule has 4 nitrogen and oxygen atoms in total. The molecule has 18 heavy (non-hydrogen) atoms. The van der Waals surface area contributed by atoms with Crippen LogP contribution in [0.5, 0.6) is 0 Å². The van der Waals surface area contributed by atoms with E-state index in [0.717, 1.165) is 29.2 Å². The van der Waals surface area contributed by atoms with Crippen molar-refractivity contribution in [2.75, 3.05) is 17.2 Å². The van der Waals surface area contributed by atoms with Crippen LogP contribution >= 0.6 is 15.9 Å². The Hall–Kier alpha value is -1.62. The van der Waals surface area contributed by atoms with Gasteiger partial charge in [-0.3, -0.25) is 4.98 Å². The van der Waals surface area contributed by atoms with Crippen LogP contribution in [0.15, 0.2) is 41.1 Å². The van der Waals surface area contributed by atoms with Crippen LogP contribution in [0, 0.1) is 0 Å². The molecule has 0 aliphatic heterocycles. The first kappa shape index (κ1) is 12.8. The first-order valence-corrected chi connectivity index (χ1v) is 6.61. The van der Waals surface area contributed by atoms with Gasteiger partial charge in [0.05, 0.1) is 12.4 Å². The van der Waals surface area contributed by atoms with Crippen LogP contribution in [-0.4, -0.2) is 16.5 Å². The van der Waals surface area contributed by atoms with Crippen molar-refractivity contribution in [1.82, 2.24) is 9.97 Å². The Balaban J connectivity index is 1.99. The van der Waals surface area contributed by atoms with E-state index in [1.165, 1.54) is 5.56 Å². The number of aromatic nitrogens is 2. The molecule has 0 unspecified atom stereocenters.